The summed E-state index contributed by atoms with van der Waals surface area (Å²) in [7, 11) is 0. The summed E-state index contributed by atoms with van der Waals surface area (Å²) in [6.45, 7) is 1.70. The van der Waals surface area contributed by atoms with Gasteiger partial charge in [-0.05, 0) is 58.7 Å². The monoisotopic (exact) mass is 385 g/mol. The van der Waals surface area contributed by atoms with Gasteiger partial charge in [0.25, 0.3) is 5.91 Å². The number of ether oxygens (including phenoxy) is 1. The molecule has 1 amide bonds. The van der Waals surface area contributed by atoms with Crippen molar-refractivity contribution < 1.29 is 13.9 Å². The fourth-order valence-electron chi connectivity index (χ4n) is 1.88. The minimum atomic E-state index is -0.377. The van der Waals surface area contributed by atoms with Gasteiger partial charge in [-0.25, -0.2) is 4.39 Å². The molecule has 3 nitrogen and oxygen atoms in total. The molecule has 2 rings (SSSR count). The SMILES string of the molecule is C[C@@H](NC(=O)COc1ccc(F)cc1Br)c1cccc(Cl)c1. The van der Waals surface area contributed by atoms with Gasteiger partial charge in [-0.3, -0.25) is 4.79 Å². The molecule has 0 saturated heterocycles. The average molecular weight is 387 g/mol. The van der Waals surface area contributed by atoms with Crippen LogP contribution in [-0.2, 0) is 4.79 Å². The third-order valence-corrected chi connectivity index (χ3v) is 3.83. The Kier molecular flexibility index (Phi) is 5.80. The van der Waals surface area contributed by atoms with Gasteiger partial charge in [0.05, 0.1) is 10.5 Å². The average Bonchev–Trinajstić information content (AvgIpc) is 2.46. The predicted octanol–water partition coefficient (Wildman–Crippen LogP) is 4.50. The maximum absolute atomic E-state index is 13.0. The van der Waals surface area contributed by atoms with Crippen LogP contribution in [0, 0.1) is 5.82 Å². The van der Waals surface area contributed by atoms with E-state index >= 15 is 0 Å². The number of halogens is 3. The van der Waals surface area contributed by atoms with Crippen molar-refractivity contribution in [1.82, 2.24) is 5.32 Å². The Balaban J connectivity index is 1.90. The fourth-order valence-corrected chi connectivity index (χ4v) is 2.54. The van der Waals surface area contributed by atoms with Crippen LogP contribution in [0.3, 0.4) is 0 Å². The normalized spacial score (nSPS) is 11.8. The quantitative estimate of drug-likeness (QED) is 0.822. The molecule has 2 aromatic rings. The van der Waals surface area contributed by atoms with E-state index in [1.807, 2.05) is 19.1 Å². The maximum atomic E-state index is 13.0. The number of hydrogen-bond acceptors (Lipinski definition) is 2. The third kappa shape index (κ3) is 4.71. The molecule has 6 heteroatoms. The van der Waals surface area contributed by atoms with E-state index in [-0.39, 0.29) is 24.4 Å². The lowest BCUT2D eigenvalue weighted by Crippen LogP contribution is -2.31. The molecule has 1 N–H and O–H groups in total. The highest BCUT2D eigenvalue weighted by Crippen LogP contribution is 2.25. The molecular formula is C16H14BrClFNO2. The van der Waals surface area contributed by atoms with Crippen molar-refractivity contribution in [3.8, 4) is 5.75 Å². The second-order valence-electron chi connectivity index (χ2n) is 4.71. The van der Waals surface area contributed by atoms with Crippen LogP contribution >= 0.6 is 27.5 Å². The van der Waals surface area contributed by atoms with Gasteiger partial charge in [-0.1, -0.05) is 23.7 Å². The van der Waals surface area contributed by atoms with Gasteiger partial charge < -0.3 is 10.1 Å². The van der Waals surface area contributed by atoms with Crippen molar-refractivity contribution in [2.75, 3.05) is 6.61 Å². The molecule has 116 valence electrons. The van der Waals surface area contributed by atoms with Gasteiger partial charge in [-0.15, -0.1) is 0 Å². The molecule has 0 fully saturated rings. The lowest BCUT2D eigenvalue weighted by Gasteiger charge is -2.15. The second-order valence-corrected chi connectivity index (χ2v) is 6.00. The highest BCUT2D eigenvalue weighted by atomic mass is 79.9. The Morgan fingerprint density at radius 1 is 1.36 bits per heavy atom. The number of rotatable bonds is 5. The smallest absolute Gasteiger partial charge is 0.258 e. The summed E-state index contributed by atoms with van der Waals surface area (Å²) in [5, 5.41) is 3.43. The molecular weight excluding hydrogens is 373 g/mol. The molecule has 0 saturated carbocycles. The summed E-state index contributed by atoms with van der Waals surface area (Å²) in [6.07, 6.45) is 0. The van der Waals surface area contributed by atoms with Crippen molar-refractivity contribution in [3.05, 3.63) is 63.3 Å². The molecule has 0 aliphatic rings. The molecule has 0 aliphatic carbocycles. The second kappa shape index (κ2) is 7.61. The summed E-state index contributed by atoms with van der Waals surface area (Å²) in [4.78, 5) is 11.9. The van der Waals surface area contributed by atoms with Crippen molar-refractivity contribution in [3.63, 3.8) is 0 Å². The Morgan fingerprint density at radius 2 is 2.14 bits per heavy atom. The number of carbonyl (C=O) groups is 1. The molecule has 0 unspecified atom stereocenters. The first kappa shape index (κ1) is 16.8. The van der Waals surface area contributed by atoms with E-state index < -0.39 is 0 Å². The summed E-state index contributed by atoms with van der Waals surface area (Å²) in [5.74, 6) is -0.242. The van der Waals surface area contributed by atoms with Gasteiger partial charge >= 0.3 is 0 Å². The minimum absolute atomic E-state index is 0.158. The summed E-state index contributed by atoms with van der Waals surface area (Å²) >= 11 is 9.10. The first-order valence-electron chi connectivity index (χ1n) is 6.58. The zero-order valence-electron chi connectivity index (χ0n) is 11.8. The van der Waals surface area contributed by atoms with Crippen molar-refractivity contribution in [2.45, 2.75) is 13.0 Å². The molecule has 0 aromatic heterocycles. The van der Waals surface area contributed by atoms with Crippen molar-refractivity contribution in [2.24, 2.45) is 0 Å². The summed E-state index contributed by atoms with van der Waals surface area (Å²) < 4.78 is 18.8. The number of amides is 1. The molecule has 0 heterocycles. The van der Waals surface area contributed by atoms with Crippen LogP contribution in [0.15, 0.2) is 46.9 Å². The van der Waals surface area contributed by atoms with E-state index in [0.29, 0.717) is 15.2 Å². The first-order valence-corrected chi connectivity index (χ1v) is 7.75. The first-order chi connectivity index (χ1) is 10.5. The number of carbonyl (C=O) groups excluding carboxylic acids is 1. The van der Waals surface area contributed by atoms with Gasteiger partial charge in [0.2, 0.25) is 0 Å². The van der Waals surface area contributed by atoms with E-state index in [2.05, 4.69) is 21.2 Å². The lowest BCUT2D eigenvalue weighted by atomic mass is 10.1. The summed E-state index contributed by atoms with van der Waals surface area (Å²) in [6, 6.07) is 11.1. The molecule has 0 aliphatic heterocycles. The zero-order valence-corrected chi connectivity index (χ0v) is 14.1. The predicted molar refractivity (Wildman–Crippen MR) is 87.6 cm³/mol. The Labute approximate surface area is 141 Å². The van der Waals surface area contributed by atoms with Crippen LogP contribution in [-0.4, -0.2) is 12.5 Å². The Hall–Kier alpha value is -1.59. The van der Waals surface area contributed by atoms with E-state index in [4.69, 9.17) is 16.3 Å². The topological polar surface area (TPSA) is 38.3 Å². The largest absolute Gasteiger partial charge is 0.483 e. The molecule has 2 aromatic carbocycles. The summed E-state index contributed by atoms with van der Waals surface area (Å²) in [5.41, 5.74) is 0.906. The standard InChI is InChI=1S/C16H14BrClFNO2/c1-10(11-3-2-4-12(18)7-11)20-16(21)9-22-15-6-5-13(19)8-14(15)17/h2-8,10H,9H2,1H3,(H,20,21)/t10-/m1/s1. The molecule has 0 radical (unpaired) electrons. The van der Waals surface area contributed by atoms with Crippen molar-refractivity contribution >= 4 is 33.4 Å². The van der Waals surface area contributed by atoms with Crippen LogP contribution in [0.1, 0.15) is 18.5 Å². The highest BCUT2D eigenvalue weighted by Gasteiger charge is 2.11. The van der Waals surface area contributed by atoms with Gasteiger partial charge in [0.15, 0.2) is 6.61 Å². The van der Waals surface area contributed by atoms with E-state index in [0.717, 1.165) is 5.56 Å². The molecule has 1 atom stereocenters. The van der Waals surface area contributed by atoms with Crippen LogP contribution < -0.4 is 10.1 Å². The zero-order chi connectivity index (χ0) is 16.1. The molecule has 22 heavy (non-hydrogen) atoms. The van der Waals surface area contributed by atoms with Gasteiger partial charge in [-0.2, -0.15) is 0 Å². The van der Waals surface area contributed by atoms with Crippen LogP contribution in [0.4, 0.5) is 4.39 Å². The number of hydrogen-bond donors (Lipinski definition) is 1. The maximum Gasteiger partial charge on any atom is 0.258 e. The minimum Gasteiger partial charge on any atom is -0.483 e. The van der Waals surface area contributed by atoms with Crippen molar-refractivity contribution in [1.29, 1.82) is 0 Å². The number of nitrogens with one attached hydrogen (secondary N) is 1. The van der Waals surface area contributed by atoms with Crippen LogP contribution in [0.25, 0.3) is 0 Å². The van der Waals surface area contributed by atoms with Gasteiger partial charge in [0, 0.05) is 5.02 Å². The highest BCUT2D eigenvalue weighted by molar-refractivity contribution is 9.10. The van der Waals surface area contributed by atoms with E-state index in [9.17, 15) is 9.18 Å². The number of benzene rings is 2. The fraction of sp³-hybridized carbons (Fsp3) is 0.188. The van der Waals surface area contributed by atoms with E-state index in [1.165, 1.54) is 18.2 Å². The third-order valence-electron chi connectivity index (χ3n) is 2.98. The molecule has 0 bridgehead atoms. The Bertz CT molecular complexity index is 681. The van der Waals surface area contributed by atoms with Gasteiger partial charge in [0.1, 0.15) is 11.6 Å². The Morgan fingerprint density at radius 3 is 2.82 bits per heavy atom. The van der Waals surface area contributed by atoms with E-state index in [1.54, 1.807) is 12.1 Å². The van der Waals surface area contributed by atoms with Crippen LogP contribution in [0.2, 0.25) is 5.02 Å². The molecule has 0 spiro atoms. The van der Waals surface area contributed by atoms with Crippen LogP contribution in [0.5, 0.6) is 5.75 Å². The lowest BCUT2D eigenvalue weighted by molar-refractivity contribution is -0.123.